The Bertz CT molecular complexity index is 593. The Balaban J connectivity index is 0.000000240. The Morgan fingerprint density at radius 3 is 1.58 bits per heavy atom. The number of pyridine rings is 1. The van der Waals surface area contributed by atoms with Crippen LogP contribution in [-0.4, -0.2) is 49.3 Å². The van der Waals surface area contributed by atoms with E-state index in [1.54, 1.807) is 0 Å². The highest BCUT2D eigenvalue weighted by atomic mass is 16.4. The lowest BCUT2D eigenvalue weighted by Crippen LogP contribution is -2.26. The second-order valence-electron chi connectivity index (χ2n) is 5.26. The molecule has 0 aliphatic heterocycles. The van der Waals surface area contributed by atoms with Crippen LogP contribution in [0.2, 0.25) is 0 Å². The van der Waals surface area contributed by atoms with E-state index < -0.39 is 35.7 Å². The summed E-state index contributed by atoms with van der Waals surface area (Å²) in [5, 5.41) is 34.2. The predicted molar refractivity (Wildman–Crippen MR) is 78.9 cm³/mol. The quantitative estimate of drug-likeness (QED) is 0.635. The number of hydrogen-bond donors (Lipinski definition) is 4. The highest BCUT2D eigenvalue weighted by molar-refractivity contribution is 5.89. The van der Waals surface area contributed by atoms with Crippen LogP contribution < -0.4 is 0 Å². The second kappa shape index (κ2) is 8.61. The molecule has 1 aromatic heterocycles. The molecule has 0 amide bonds. The highest BCUT2D eigenvalue weighted by Gasteiger charge is 2.30. The molecule has 0 aromatic carbocycles. The summed E-state index contributed by atoms with van der Waals surface area (Å²) in [6.45, 7) is 0. The van der Waals surface area contributed by atoms with Crippen molar-refractivity contribution in [3.05, 3.63) is 29.6 Å². The summed E-state index contributed by atoms with van der Waals surface area (Å²) >= 11 is 0. The standard InChI is InChI=1S/C8H12O4.C7H5NO4/c9-7(10)5-2-1-3-6(4-5)8(11)12;9-6(10)4-2-1-3-5(8-4)7(11)12/h5-6H,1-4H2,(H,9,10)(H,11,12);1-3H,(H,9,10)(H,11,12)/t5-,6?;/m0./s1. The summed E-state index contributed by atoms with van der Waals surface area (Å²) in [5.74, 6) is -5.09. The molecular formula is C15H17NO8. The van der Waals surface area contributed by atoms with Gasteiger partial charge in [0.1, 0.15) is 11.4 Å². The van der Waals surface area contributed by atoms with Crippen LogP contribution in [0.1, 0.15) is 46.7 Å². The number of carboxylic acids is 4. The van der Waals surface area contributed by atoms with Gasteiger partial charge in [0.25, 0.3) is 0 Å². The van der Waals surface area contributed by atoms with Crippen LogP contribution >= 0.6 is 0 Å². The molecule has 0 radical (unpaired) electrons. The summed E-state index contributed by atoms with van der Waals surface area (Å²) in [5.41, 5.74) is -0.537. The van der Waals surface area contributed by atoms with Crippen molar-refractivity contribution in [1.82, 2.24) is 4.98 Å². The summed E-state index contributed by atoms with van der Waals surface area (Å²) in [6.07, 6.45) is 2.26. The Morgan fingerprint density at radius 2 is 1.25 bits per heavy atom. The zero-order valence-corrected chi connectivity index (χ0v) is 12.6. The van der Waals surface area contributed by atoms with Gasteiger partial charge in [-0.1, -0.05) is 12.5 Å². The molecule has 1 aromatic rings. The summed E-state index contributed by atoms with van der Waals surface area (Å²) in [6, 6.07) is 3.80. The highest BCUT2D eigenvalue weighted by Crippen LogP contribution is 2.29. The number of carboxylic acid groups (broad SMARTS) is 4. The van der Waals surface area contributed by atoms with Gasteiger partial charge in [-0.25, -0.2) is 14.6 Å². The first-order chi connectivity index (χ1) is 11.2. The molecule has 0 bridgehead atoms. The molecule has 1 unspecified atom stereocenters. The van der Waals surface area contributed by atoms with Crippen molar-refractivity contribution in [2.75, 3.05) is 0 Å². The third-order valence-corrected chi connectivity index (χ3v) is 3.56. The summed E-state index contributed by atoms with van der Waals surface area (Å²) in [7, 11) is 0. The molecule has 1 fully saturated rings. The maximum Gasteiger partial charge on any atom is 0.354 e. The lowest BCUT2D eigenvalue weighted by Gasteiger charge is -2.23. The Kier molecular flexibility index (Phi) is 6.84. The molecule has 2 rings (SSSR count). The molecule has 2 atom stereocenters. The zero-order chi connectivity index (χ0) is 18.3. The molecule has 4 N–H and O–H groups in total. The van der Waals surface area contributed by atoms with E-state index in [9.17, 15) is 19.2 Å². The molecular weight excluding hydrogens is 322 g/mol. The number of hydrogen-bond acceptors (Lipinski definition) is 5. The summed E-state index contributed by atoms with van der Waals surface area (Å²) < 4.78 is 0. The minimum Gasteiger partial charge on any atom is -0.481 e. The number of aromatic nitrogens is 1. The van der Waals surface area contributed by atoms with Crippen LogP contribution in [0.3, 0.4) is 0 Å². The summed E-state index contributed by atoms with van der Waals surface area (Å²) in [4.78, 5) is 45.1. The maximum atomic E-state index is 10.5. The van der Waals surface area contributed by atoms with Gasteiger partial charge < -0.3 is 20.4 Å². The van der Waals surface area contributed by atoms with Crippen LogP contribution in [0.25, 0.3) is 0 Å². The van der Waals surface area contributed by atoms with Crippen LogP contribution in [-0.2, 0) is 9.59 Å². The Morgan fingerprint density at radius 1 is 0.833 bits per heavy atom. The van der Waals surface area contributed by atoms with Crippen LogP contribution in [0, 0.1) is 11.8 Å². The van der Waals surface area contributed by atoms with Crippen molar-refractivity contribution in [3.63, 3.8) is 0 Å². The first-order valence-electron chi connectivity index (χ1n) is 7.11. The van der Waals surface area contributed by atoms with Gasteiger partial charge in [-0.3, -0.25) is 9.59 Å². The van der Waals surface area contributed by atoms with Gasteiger partial charge in [-0.15, -0.1) is 0 Å². The average molecular weight is 339 g/mol. The van der Waals surface area contributed by atoms with Crippen molar-refractivity contribution in [3.8, 4) is 0 Å². The van der Waals surface area contributed by atoms with Gasteiger partial charge in [0, 0.05) is 0 Å². The fourth-order valence-corrected chi connectivity index (χ4v) is 2.31. The average Bonchev–Trinajstić information content (AvgIpc) is 2.55. The van der Waals surface area contributed by atoms with Crippen LogP contribution in [0.5, 0.6) is 0 Å². The van der Waals surface area contributed by atoms with E-state index in [0.717, 1.165) is 0 Å². The molecule has 24 heavy (non-hydrogen) atoms. The molecule has 1 heterocycles. The van der Waals surface area contributed by atoms with Crippen molar-refractivity contribution in [2.24, 2.45) is 11.8 Å². The van der Waals surface area contributed by atoms with Gasteiger partial charge in [-0.05, 0) is 31.4 Å². The molecule has 130 valence electrons. The van der Waals surface area contributed by atoms with Crippen molar-refractivity contribution in [1.29, 1.82) is 0 Å². The largest absolute Gasteiger partial charge is 0.481 e. The normalized spacial score (nSPS) is 19.5. The van der Waals surface area contributed by atoms with Gasteiger partial charge in [0.15, 0.2) is 0 Å². The molecule has 9 nitrogen and oxygen atoms in total. The Labute approximate surface area is 136 Å². The van der Waals surface area contributed by atoms with Crippen LogP contribution in [0.15, 0.2) is 18.2 Å². The van der Waals surface area contributed by atoms with E-state index >= 15 is 0 Å². The van der Waals surface area contributed by atoms with E-state index in [0.29, 0.717) is 25.7 Å². The smallest absolute Gasteiger partial charge is 0.354 e. The van der Waals surface area contributed by atoms with E-state index in [2.05, 4.69) is 4.98 Å². The molecule has 9 heteroatoms. The molecule has 1 aliphatic carbocycles. The fourth-order valence-electron chi connectivity index (χ4n) is 2.31. The third-order valence-electron chi connectivity index (χ3n) is 3.56. The number of nitrogens with zero attached hydrogens (tertiary/aromatic N) is 1. The minimum atomic E-state index is -1.24. The number of carbonyl (C=O) groups is 4. The van der Waals surface area contributed by atoms with E-state index in [1.165, 1.54) is 18.2 Å². The predicted octanol–water partition coefficient (Wildman–Crippen LogP) is 1.44. The number of aromatic carboxylic acids is 2. The molecule has 0 spiro atoms. The van der Waals surface area contributed by atoms with E-state index in [1.807, 2.05) is 0 Å². The first-order valence-corrected chi connectivity index (χ1v) is 7.11. The van der Waals surface area contributed by atoms with Gasteiger partial charge in [0.2, 0.25) is 0 Å². The number of aliphatic carboxylic acids is 2. The van der Waals surface area contributed by atoms with Gasteiger partial charge in [0.05, 0.1) is 11.8 Å². The molecule has 1 saturated carbocycles. The second-order valence-corrected chi connectivity index (χ2v) is 5.26. The maximum absolute atomic E-state index is 10.5. The monoisotopic (exact) mass is 339 g/mol. The van der Waals surface area contributed by atoms with E-state index in [-0.39, 0.29) is 11.4 Å². The number of rotatable bonds is 4. The SMILES string of the molecule is O=C(O)C1CCC[C@H](C(=O)O)C1.O=C(O)c1cccc(C(=O)O)n1. The lowest BCUT2D eigenvalue weighted by molar-refractivity contribution is -0.147. The topological polar surface area (TPSA) is 162 Å². The van der Waals surface area contributed by atoms with Gasteiger partial charge >= 0.3 is 23.9 Å². The zero-order valence-electron chi connectivity index (χ0n) is 12.6. The third kappa shape index (κ3) is 5.67. The fraction of sp³-hybridized carbons (Fsp3) is 0.400. The molecule has 0 saturated heterocycles. The molecule has 1 aliphatic rings. The van der Waals surface area contributed by atoms with Crippen molar-refractivity contribution in [2.45, 2.75) is 25.7 Å². The Hall–Kier alpha value is -2.97. The van der Waals surface area contributed by atoms with E-state index in [4.69, 9.17) is 20.4 Å². The first kappa shape index (κ1) is 19.1. The van der Waals surface area contributed by atoms with Gasteiger partial charge in [-0.2, -0.15) is 0 Å². The lowest BCUT2D eigenvalue weighted by atomic mass is 9.81. The van der Waals surface area contributed by atoms with Crippen LogP contribution in [0.4, 0.5) is 0 Å². The van der Waals surface area contributed by atoms with Crippen molar-refractivity contribution >= 4 is 23.9 Å². The minimum absolute atomic E-state index is 0.269. The van der Waals surface area contributed by atoms with Crippen molar-refractivity contribution < 1.29 is 39.6 Å².